The van der Waals surface area contributed by atoms with Gasteiger partial charge in [0.1, 0.15) is 0 Å². The molecule has 4 unspecified atom stereocenters. The summed E-state index contributed by atoms with van der Waals surface area (Å²) in [5, 5.41) is 13.0. The van der Waals surface area contributed by atoms with Gasteiger partial charge in [-0.3, -0.25) is 0 Å². The molecular formula is C15H32N2O. The Balaban J connectivity index is 2.51. The second kappa shape index (κ2) is 6.88. The molecule has 0 aromatic rings. The molecule has 1 aliphatic heterocycles. The van der Waals surface area contributed by atoms with Gasteiger partial charge >= 0.3 is 0 Å². The zero-order valence-corrected chi connectivity index (χ0v) is 12.9. The highest BCUT2D eigenvalue weighted by Crippen LogP contribution is 2.26. The van der Waals surface area contributed by atoms with E-state index in [2.05, 4.69) is 44.8 Å². The molecule has 0 spiro atoms. The predicted octanol–water partition coefficient (Wildman–Crippen LogP) is 2.10. The smallest absolute Gasteiger partial charge is 0.0611 e. The molecule has 0 amide bonds. The van der Waals surface area contributed by atoms with Crippen molar-refractivity contribution in [3.05, 3.63) is 0 Å². The van der Waals surface area contributed by atoms with Gasteiger partial charge in [0.05, 0.1) is 6.61 Å². The van der Waals surface area contributed by atoms with Gasteiger partial charge < -0.3 is 15.3 Å². The Kier molecular flexibility index (Phi) is 6.09. The summed E-state index contributed by atoms with van der Waals surface area (Å²) in [5.41, 5.74) is -0.138. The average molecular weight is 256 g/mol. The first kappa shape index (κ1) is 15.9. The lowest BCUT2D eigenvalue weighted by Crippen LogP contribution is -2.52. The van der Waals surface area contributed by atoms with E-state index in [9.17, 15) is 5.11 Å². The van der Waals surface area contributed by atoms with E-state index in [0.717, 1.165) is 24.8 Å². The van der Waals surface area contributed by atoms with Crippen LogP contribution in [-0.4, -0.2) is 47.8 Å². The Morgan fingerprint density at radius 2 is 2.06 bits per heavy atom. The molecule has 0 aliphatic carbocycles. The summed E-state index contributed by atoms with van der Waals surface area (Å²) in [6.45, 7) is 14.8. The first-order valence-electron chi connectivity index (χ1n) is 7.51. The van der Waals surface area contributed by atoms with Crippen LogP contribution in [0.3, 0.4) is 0 Å². The summed E-state index contributed by atoms with van der Waals surface area (Å²) in [6, 6.07) is 0.538. The van der Waals surface area contributed by atoms with Gasteiger partial charge in [0.2, 0.25) is 0 Å². The lowest BCUT2D eigenvalue weighted by Gasteiger charge is -2.42. The van der Waals surface area contributed by atoms with Crippen molar-refractivity contribution in [1.82, 2.24) is 10.2 Å². The third-order valence-corrected chi connectivity index (χ3v) is 4.69. The Morgan fingerprint density at radius 1 is 1.39 bits per heavy atom. The Labute approximate surface area is 113 Å². The number of likely N-dealkylation sites (tertiary alicyclic amines) is 1. The van der Waals surface area contributed by atoms with Crippen molar-refractivity contribution in [2.24, 2.45) is 11.8 Å². The third-order valence-electron chi connectivity index (χ3n) is 4.69. The molecule has 1 rings (SSSR count). The molecule has 1 heterocycles. The van der Waals surface area contributed by atoms with Crippen molar-refractivity contribution < 1.29 is 5.11 Å². The molecule has 3 nitrogen and oxygen atoms in total. The normalized spacial score (nSPS) is 31.0. The fourth-order valence-electron chi connectivity index (χ4n) is 3.10. The number of piperidine rings is 1. The minimum absolute atomic E-state index is 0.138. The second-order valence-electron chi connectivity index (χ2n) is 6.54. The van der Waals surface area contributed by atoms with Gasteiger partial charge in [-0.1, -0.05) is 20.8 Å². The number of rotatable bonds is 6. The van der Waals surface area contributed by atoms with Gasteiger partial charge in [0.15, 0.2) is 0 Å². The van der Waals surface area contributed by atoms with E-state index in [4.69, 9.17) is 0 Å². The molecule has 1 saturated heterocycles. The molecule has 0 aromatic carbocycles. The topological polar surface area (TPSA) is 35.5 Å². The maximum absolute atomic E-state index is 9.58. The number of hydrogen-bond acceptors (Lipinski definition) is 3. The molecule has 0 aromatic heterocycles. The fraction of sp³-hybridized carbons (Fsp3) is 1.00. The van der Waals surface area contributed by atoms with Crippen molar-refractivity contribution in [2.75, 3.05) is 26.2 Å². The highest BCUT2D eigenvalue weighted by Gasteiger charge is 2.30. The van der Waals surface area contributed by atoms with Crippen LogP contribution in [0.4, 0.5) is 0 Å². The molecule has 1 aliphatic rings. The van der Waals surface area contributed by atoms with E-state index < -0.39 is 0 Å². The summed E-state index contributed by atoms with van der Waals surface area (Å²) < 4.78 is 0. The van der Waals surface area contributed by atoms with E-state index in [1.165, 1.54) is 19.5 Å². The zero-order valence-electron chi connectivity index (χ0n) is 12.9. The van der Waals surface area contributed by atoms with E-state index in [1.54, 1.807) is 0 Å². The third kappa shape index (κ3) is 4.22. The van der Waals surface area contributed by atoms with Crippen LogP contribution >= 0.6 is 0 Å². The van der Waals surface area contributed by atoms with Crippen molar-refractivity contribution in [3.63, 3.8) is 0 Å². The number of nitrogens with zero attached hydrogens (tertiary/aromatic N) is 1. The summed E-state index contributed by atoms with van der Waals surface area (Å²) in [5.74, 6) is 1.65. The summed E-state index contributed by atoms with van der Waals surface area (Å²) in [4.78, 5) is 2.59. The van der Waals surface area contributed by atoms with Gasteiger partial charge in [0.25, 0.3) is 0 Å². The molecule has 1 fully saturated rings. The number of hydrogen-bond donors (Lipinski definition) is 2. The number of nitrogens with one attached hydrogen (secondary N) is 1. The van der Waals surface area contributed by atoms with Gasteiger partial charge in [-0.2, -0.15) is 0 Å². The predicted molar refractivity (Wildman–Crippen MR) is 77.8 cm³/mol. The maximum Gasteiger partial charge on any atom is 0.0611 e. The fourth-order valence-corrected chi connectivity index (χ4v) is 3.10. The minimum atomic E-state index is -0.138. The summed E-state index contributed by atoms with van der Waals surface area (Å²) >= 11 is 0. The largest absolute Gasteiger partial charge is 0.394 e. The van der Waals surface area contributed by atoms with Crippen LogP contribution in [0, 0.1) is 11.8 Å². The van der Waals surface area contributed by atoms with Crippen LogP contribution < -0.4 is 5.32 Å². The minimum Gasteiger partial charge on any atom is -0.394 e. The zero-order chi connectivity index (χ0) is 13.8. The Morgan fingerprint density at radius 3 is 2.56 bits per heavy atom. The van der Waals surface area contributed by atoms with Gasteiger partial charge in [-0.05, 0) is 51.6 Å². The number of likely N-dealkylation sites (N-methyl/N-ethyl adjacent to an activating group) is 1. The van der Waals surface area contributed by atoms with Crippen LogP contribution in [0.5, 0.6) is 0 Å². The lowest BCUT2D eigenvalue weighted by molar-refractivity contribution is 0.0697. The highest BCUT2D eigenvalue weighted by molar-refractivity contribution is 4.88. The lowest BCUT2D eigenvalue weighted by atomic mass is 9.86. The molecule has 108 valence electrons. The van der Waals surface area contributed by atoms with Gasteiger partial charge in [-0.15, -0.1) is 0 Å². The van der Waals surface area contributed by atoms with Crippen LogP contribution in [-0.2, 0) is 0 Å². The van der Waals surface area contributed by atoms with Gasteiger partial charge in [-0.25, -0.2) is 0 Å². The van der Waals surface area contributed by atoms with Crippen molar-refractivity contribution >= 4 is 0 Å². The molecule has 3 heteroatoms. The van der Waals surface area contributed by atoms with E-state index in [1.807, 2.05) is 0 Å². The first-order chi connectivity index (χ1) is 8.41. The first-order valence-corrected chi connectivity index (χ1v) is 7.51. The quantitative estimate of drug-likeness (QED) is 0.764. The molecular weight excluding hydrogens is 224 g/mol. The summed E-state index contributed by atoms with van der Waals surface area (Å²) in [7, 11) is 0. The van der Waals surface area contributed by atoms with Crippen LogP contribution in [0.2, 0.25) is 0 Å². The Hall–Kier alpha value is -0.120. The number of aliphatic hydroxyl groups is 1. The van der Waals surface area contributed by atoms with Gasteiger partial charge in [0, 0.05) is 18.1 Å². The van der Waals surface area contributed by atoms with Crippen LogP contribution in [0.25, 0.3) is 0 Å². The van der Waals surface area contributed by atoms with Crippen LogP contribution in [0.1, 0.15) is 47.5 Å². The Bertz CT molecular complexity index is 247. The molecule has 0 bridgehead atoms. The average Bonchev–Trinajstić information content (AvgIpc) is 2.32. The van der Waals surface area contributed by atoms with E-state index in [-0.39, 0.29) is 12.1 Å². The van der Waals surface area contributed by atoms with Crippen molar-refractivity contribution in [3.8, 4) is 0 Å². The van der Waals surface area contributed by atoms with E-state index in [0.29, 0.717) is 6.04 Å². The summed E-state index contributed by atoms with van der Waals surface area (Å²) in [6.07, 6.45) is 2.32. The van der Waals surface area contributed by atoms with Crippen LogP contribution in [0.15, 0.2) is 0 Å². The number of aliphatic hydroxyl groups excluding tert-OH is 1. The second-order valence-corrected chi connectivity index (χ2v) is 6.54. The highest BCUT2D eigenvalue weighted by atomic mass is 16.3. The van der Waals surface area contributed by atoms with Crippen molar-refractivity contribution in [2.45, 2.75) is 59.0 Å². The SMILES string of the molecule is CCNC(C)(CO)CC(C)N1CCC(C)C(C)C1. The molecule has 0 saturated carbocycles. The standard InChI is InChI=1S/C15H32N2O/c1-6-16-15(5,11-18)9-14(4)17-8-7-12(2)13(3)10-17/h12-14,16,18H,6-11H2,1-5H3. The molecule has 0 radical (unpaired) electrons. The molecule has 2 N–H and O–H groups in total. The monoisotopic (exact) mass is 256 g/mol. The molecule has 18 heavy (non-hydrogen) atoms. The maximum atomic E-state index is 9.58. The molecule has 4 atom stereocenters. The van der Waals surface area contributed by atoms with E-state index >= 15 is 0 Å². The van der Waals surface area contributed by atoms with Crippen molar-refractivity contribution in [1.29, 1.82) is 0 Å².